The van der Waals surface area contributed by atoms with Gasteiger partial charge < -0.3 is 4.74 Å². The molecule has 0 aromatic carbocycles. The van der Waals surface area contributed by atoms with Crippen molar-refractivity contribution in [3.63, 3.8) is 0 Å². The van der Waals surface area contributed by atoms with E-state index in [-0.39, 0.29) is 11.5 Å². The molecule has 0 saturated carbocycles. The minimum Gasteiger partial charge on any atom is -0.381 e. The third-order valence-electron chi connectivity index (χ3n) is 4.33. The molecule has 0 unspecified atom stereocenters. The Balaban J connectivity index is 1.81. The first-order valence-corrected chi connectivity index (χ1v) is 8.49. The lowest BCUT2D eigenvalue weighted by molar-refractivity contribution is 0.157. The fraction of sp³-hybridized carbons (Fsp3) is 0.769. The first kappa shape index (κ1) is 14.0. The van der Waals surface area contributed by atoms with E-state index in [4.69, 9.17) is 4.74 Å². The maximum absolute atomic E-state index is 12.6. The number of ether oxygens (including phenoxy) is 1. The van der Waals surface area contributed by atoms with Crippen LogP contribution in [0.3, 0.4) is 0 Å². The van der Waals surface area contributed by atoms with Gasteiger partial charge in [-0.2, -0.15) is 9.40 Å². The van der Waals surface area contributed by atoms with E-state index >= 15 is 0 Å². The SMILES string of the molecule is CC(C)n1cc(S(=O)(=O)N2CC[C@]3(CCOC3)C2)cn1. The maximum atomic E-state index is 12.6. The number of sulfonamides is 1. The maximum Gasteiger partial charge on any atom is 0.246 e. The van der Waals surface area contributed by atoms with E-state index in [1.54, 1.807) is 15.2 Å². The Labute approximate surface area is 119 Å². The molecule has 0 bridgehead atoms. The summed E-state index contributed by atoms with van der Waals surface area (Å²) in [5.74, 6) is 0. The summed E-state index contributed by atoms with van der Waals surface area (Å²) < 4.78 is 34.0. The Kier molecular flexibility index (Phi) is 3.38. The Hall–Kier alpha value is -0.920. The molecule has 6 nitrogen and oxygen atoms in total. The fourth-order valence-electron chi connectivity index (χ4n) is 2.96. The molecule has 2 fully saturated rings. The smallest absolute Gasteiger partial charge is 0.246 e. The van der Waals surface area contributed by atoms with Crippen LogP contribution in [0.25, 0.3) is 0 Å². The first-order valence-electron chi connectivity index (χ1n) is 7.05. The van der Waals surface area contributed by atoms with Gasteiger partial charge in [-0.3, -0.25) is 4.68 Å². The zero-order chi connectivity index (χ0) is 14.4. The molecule has 1 spiro atoms. The summed E-state index contributed by atoms with van der Waals surface area (Å²) in [5.41, 5.74) is 0.0428. The van der Waals surface area contributed by atoms with E-state index in [1.165, 1.54) is 6.20 Å². The van der Waals surface area contributed by atoms with Crippen molar-refractivity contribution in [3.8, 4) is 0 Å². The average molecular weight is 299 g/mol. The molecular formula is C13H21N3O3S. The van der Waals surface area contributed by atoms with Gasteiger partial charge in [-0.15, -0.1) is 0 Å². The van der Waals surface area contributed by atoms with Crippen molar-refractivity contribution < 1.29 is 13.2 Å². The summed E-state index contributed by atoms with van der Waals surface area (Å²) in [4.78, 5) is 0.294. The Morgan fingerprint density at radius 1 is 1.40 bits per heavy atom. The second kappa shape index (κ2) is 4.82. The van der Waals surface area contributed by atoms with Gasteiger partial charge in [-0.05, 0) is 26.7 Å². The van der Waals surface area contributed by atoms with E-state index < -0.39 is 10.0 Å². The van der Waals surface area contributed by atoms with Crippen LogP contribution in [-0.4, -0.2) is 48.8 Å². The lowest BCUT2D eigenvalue weighted by Crippen LogP contribution is -2.32. The van der Waals surface area contributed by atoms with Gasteiger partial charge >= 0.3 is 0 Å². The standard InChI is InChI=1S/C13H21N3O3S/c1-11(2)16-8-12(7-14-16)20(17,18)15-5-3-13(9-15)4-6-19-10-13/h7-8,11H,3-6,9-10H2,1-2H3/t13-/m0/s1. The number of nitrogens with zero attached hydrogens (tertiary/aromatic N) is 3. The van der Waals surface area contributed by atoms with Gasteiger partial charge in [-0.1, -0.05) is 0 Å². The molecule has 20 heavy (non-hydrogen) atoms. The van der Waals surface area contributed by atoms with Crippen LogP contribution in [0, 0.1) is 5.41 Å². The molecule has 0 aliphatic carbocycles. The lowest BCUT2D eigenvalue weighted by Gasteiger charge is -2.21. The third kappa shape index (κ3) is 2.27. The Morgan fingerprint density at radius 2 is 2.20 bits per heavy atom. The van der Waals surface area contributed by atoms with Crippen LogP contribution in [-0.2, 0) is 14.8 Å². The highest BCUT2D eigenvalue weighted by Gasteiger charge is 2.45. The van der Waals surface area contributed by atoms with Gasteiger partial charge in [0, 0.05) is 37.4 Å². The Bertz CT molecular complexity index is 588. The van der Waals surface area contributed by atoms with Gasteiger partial charge in [0.1, 0.15) is 4.90 Å². The number of aromatic nitrogens is 2. The van der Waals surface area contributed by atoms with Crippen LogP contribution in [0.15, 0.2) is 17.3 Å². The van der Waals surface area contributed by atoms with Crippen LogP contribution < -0.4 is 0 Å². The van der Waals surface area contributed by atoms with E-state index in [0.717, 1.165) is 19.4 Å². The van der Waals surface area contributed by atoms with Crippen molar-refractivity contribution in [2.45, 2.75) is 37.6 Å². The average Bonchev–Trinajstić information content (AvgIpc) is 3.12. The molecule has 2 aliphatic heterocycles. The van der Waals surface area contributed by atoms with Crippen LogP contribution in [0.5, 0.6) is 0 Å². The zero-order valence-corrected chi connectivity index (χ0v) is 12.8. The fourth-order valence-corrected chi connectivity index (χ4v) is 4.45. The van der Waals surface area contributed by atoms with E-state index in [0.29, 0.717) is 24.6 Å². The highest BCUT2D eigenvalue weighted by atomic mass is 32.2. The molecule has 1 aromatic heterocycles. The summed E-state index contributed by atoms with van der Waals surface area (Å²) in [7, 11) is -3.42. The van der Waals surface area contributed by atoms with E-state index in [1.807, 2.05) is 13.8 Å². The first-order chi connectivity index (χ1) is 9.43. The lowest BCUT2D eigenvalue weighted by atomic mass is 9.87. The molecule has 3 heterocycles. The van der Waals surface area contributed by atoms with Crippen LogP contribution in [0.4, 0.5) is 0 Å². The minimum absolute atomic E-state index is 0.0428. The van der Waals surface area contributed by atoms with Gasteiger partial charge in [-0.25, -0.2) is 8.42 Å². The van der Waals surface area contributed by atoms with Gasteiger partial charge in [0.05, 0.1) is 12.8 Å². The van der Waals surface area contributed by atoms with Crippen LogP contribution in [0.2, 0.25) is 0 Å². The molecule has 2 saturated heterocycles. The normalized spacial score (nSPS) is 27.9. The topological polar surface area (TPSA) is 64.4 Å². The zero-order valence-electron chi connectivity index (χ0n) is 11.9. The number of hydrogen-bond donors (Lipinski definition) is 0. The summed E-state index contributed by atoms with van der Waals surface area (Å²) in [6.45, 7) is 6.54. The molecule has 0 radical (unpaired) electrons. The number of rotatable bonds is 3. The molecule has 3 rings (SSSR count). The quantitative estimate of drug-likeness (QED) is 0.843. The summed E-state index contributed by atoms with van der Waals surface area (Å²) in [6.07, 6.45) is 4.93. The molecule has 0 amide bonds. The highest BCUT2D eigenvalue weighted by molar-refractivity contribution is 7.89. The number of hydrogen-bond acceptors (Lipinski definition) is 4. The van der Waals surface area contributed by atoms with Crippen molar-refractivity contribution >= 4 is 10.0 Å². The predicted octanol–water partition coefficient (Wildman–Crippen LogP) is 1.27. The summed E-state index contributed by atoms with van der Waals surface area (Å²) in [5, 5.41) is 4.13. The molecule has 1 aromatic rings. The van der Waals surface area contributed by atoms with Gasteiger partial charge in [0.2, 0.25) is 10.0 Å². The van der Waals surface area contributed by atoms with E-state index in [9.17, 15) is 8.42 Å². The van der Waals surface area contributed by atoms with Crippen molar-refractivity contribution in [2.24, 2.45) is 5.41 Å². The summed E-state index contributed by atoms with van der Waals surface area (Å²) >= 11 is 0. The van der Waals surface area contributed by atoms with Crippen molar-refractivity contribution in [1.82, 2.24) is 14.1 Å². The van der Waals surface area contributed by atoms with Crippen molar-refractivity contribution in [2.75, 3.05) is 26.3 Å². The molecule has 2 aliphatic rings. The second-order valence-electron chi connectivity index (χ2n) is 6.14. The molecule has 0 N–H and O–H groups in total. The predicted molar refractivity (Wildman–Crippen MR) is 73.9 cm³/mol. The Morgan fingerprint density at radius 3 is 2.80 bits per heavy atom. The van der Waals surface area contributed by atoms with Gasteiger partial charge in [0.15, 0.2) is 0 Å². The van der Waals surface area contributed by atoms with Crippen molar-refractivity contribution in [1.29, 1.82) is 0 Å². The second-order valence-corrected chi connectivity index (χ2v) is 8.08. The third-order valence-corrected chi connectivity index (χ3v) is 6.13. The highest BCUT2D eigenvalue weighted by Crippen LogP contribution is 2.40. The van der Waals surface area contributed by atoms with Crippen LogP contribution >= 0.6 is 0 Å². The van der Waals surface area contributed by atoms with Crippen LogP contribution in [0.1, 0.15) is 32.7 Å². The molecule has 112 valence electrons. The molecule has 7 heteroatoms. The summed E-state index contributed by atoms with van der Waals surface area (Å²) in [6, 6.07) is 0.159. The van der Waals surface area contributed by atoms with Gasteiger partial charge in [0.25, 0.3) is 0 Å². The molecule has 1 atom stereocenters. The minimum atomic E-state index is -3.42. The monoisotopic (exact) mass is 299 g/mol. The largest absolute Gasteiger partial charge is 0.381 e. The van der Waals surface area contributed by atoms with Crippen molar-refractivity contribution in [3.05, 3.63) is 12.4 Å². The molecular weight excluding hydrogens is 278 g/mol. The van der Waals surface area contributed by atoms with E-state index in [2.05, 4.69) is 5.10 Å².